The van der Waals surface area contributed by atoms with Crippen molar-refractivity contribution in [3.8, 4) is 5.75 Å². The predicted octanol–water partition coefficient (Wildman–Crippen LogP) is 3.96. The normalized spacial score (nSPS) is 10.8. The maximum atomic E-state index is 13.1. The molecule has 130 valence electrons. The van der Waals surface area contributed by atoms with Crippen molar-refractivity contribution in [2.24, 2.45) is 0 Å². The van der Waals surface area contributed by atoms with Crippen LogP contribution in [0.2, 0.25) is 5.02 Å². The molecule has 0 fully saturated rings. The van der Waals surface area contributed by atoms with Gasteiger partial charge in [-0.2, -0.15) is 4.39 Å². The number of hydrogen-bond donors (Lipinski definition) is 2. The first-order valence-electron chi connectivity index (χ1n) is 7.87. The molecule has 0 radical (unpaired) electrons. The Morgan fingerprint density at radius 3 is 2.96 bits per heavy atom. The zero-order valence-corrected chi connectivity index (χ0v) is 14.4. The molecule has 2 aromatic heterocycles. The average molecular weight is 362 g/mol. The first-order valence-corrected chi connectivity index (χ1v) is 8.25. The highest BCUT2D eigenvalue weighted by Gasteiger charge is 2.09. The average Bonchev–Trinajstić information content (AvgIpc) is 2.99. The van der Waals surface area contributed by atoms with Gasteiger partial charge >= 0.3 is 0 Å². The highest BCUT2D eigenvalue weighted by molar-refractivity contribution is 6.32. The van der Waals surface area contributed by atoms with Gasteiger partial charge in [0.2, 0.25) is 11.9 Å². The van der Waals surface area contributed by atoms with Gasteiger partial charge in [-0.3, -0.25) is 4.79 Å². The minimum atomic E-state index is -0.550. The fourth-order valence-electron chi connectivity index (χ4n) is 2.40. The number of amides is 1. The number of ether oxygens (including phenoxy) is 1. The molecular weight excluding hydrogens is 345 g/mol. The third kappa shape index (κ3) is 4.28. The van der Waals surface area contributed by atoms with Gasteiger partial charge < -0.3 is 15.0 Å². The second kappa shape index (κ2) is 7.53. The quantitative estimate of drug-likeness (QED) is 0.653. The first-order chi connectivity index (χ1) is 12.0. The van der Waals surface area contributed by atoms with Gasteiger partial charge in [0.05, 0.1) is 17.3 Å². The number of nitrogens with one attached hydrogen (secondary N) is 2. The lowest BCUT2D eigenvalue weighted by Crippen LogP contribution is -2.21. The van der Waals surface area contributed by atoms with E-state index in [0.717, 1.165) is 16.6 Å². The highest BCUT2D eigenvalue weighted by Crippen LogP contribution is 2.31. The zero-order valence-electron chi connectivity index (χ0n) is 13.6. The Kier molecular flexibility index (Phi) is 5.19. The Morgan fingerprint density at radius 1 is 1.36 bits per heavy atom. The number of H-pyrrole nitrogens is 1. The molecule has 0 spiro atoms. The number of nitrogens with zero attached hydrogens (tertiary/aromatic N) is 1. The van der Waals surface area contributed by atoms with Crippen LogP contribution in [-0.2, 0) is 17.9 Å². The van der Waals surface area contributed by atoms with E-state index in [1.807, 2.05) is 6.07 Å². The predicted molar refractivity (Wildman–Crippen MR) is 94.0 cm³/mol. The maximum Gasteiger partial charge on any atom is 0.220 e. The van der Waals surface area contributed by atoms with E-state index >= 15 is 0 Å². The van der Waals surface area contributed by atoms with Crippen molar-refractivity contribution in [1.82, 2.24) is 15.3 Å². The van der Waals surface area contributed by atoms with Crippen molar-refractivity contribution in [2.45, 2.75) is 26.5 Å². The van der Waals surface area contributed by atoms with Crippen LogP contribution < -0.4 is 10.1 Å². The number of rotatable bonds is 6. The lowest BCUT2D eigenvalue weighted by Gasteiger charge is -2.08. The largest absolute Gasteiger partial charge is 0.486 e. The molecule has 2 N–H and O–H groups in total. The summed E-state index contributed by atoms with van der Waals surface area (Å²) in [5.41, 5.74) is 2.19. The van der Waals surface area contributed by atoms with Gasteiger partial charge in [-0.25, -0.2) is 4.98 Å². The molecule has 0 bridgehead atoms. The molecule has 1 amide bonds. The standard InChI is InChI=1S/C18H17ClFN3O2/c1-2-18(24)21-9-13-6-11-7-14(19)16(8-15(11)22-13)25-10-12-4-3-5-17(20)23-12/h3-8,22H,2,9-10H2,1H3,(H,21,24). The molecule has 0 aliphatic heterocycles. The van der Waals surface area contributed by atoms with Crippen LogP contribution in [-0.4, -0.2) is 15.9 Å². The van der Waals surface area contributed by atoms with Gasteiger partial charge in [0.25, 0.3) is 0 Å². The van der Waals surface area contributed by atoms with Crippen molar-refractivity contribution in [3.05, 3.63) is 58.8 Å². The lowest BCUT2D eigenvalue weighted by molar-refractivity contribution is -0.120. The second-order valence-corrected chi connectivity index (χ2v) is 5.94. The van der Waals surface area contributed by atoms with Gasteiger partial charge in [0.15, 0.2) is 0 Å². The lowest BCUT2D eigenvalue weighted by atomic mass is 10.2. The van der Waals surface area contributed by atoms with Gasteiger partial charge in [-0.1, -0.05) is 24.6 Å². The van der Waals surface area contributed by atoms with E-state index in [2.05, 4.69) is 15.3 Å². The summed E-state index contributed by atoms with van der Waals surface area (Å²) in [5.74, 6) is -0.0830. The zero-order chi connectivity index (χ0) is 17.8. The van der Waals surface area contributed by atoms with E-state index in [4.69, 9.17) is 16.3 Å². The first kappa shape index (κ1) is 17.2. The van der Waals surface area contributed by atoms with Crippen molar-refractivity contribution < 1.29 is 13.9 Å². The van der Waals surface area contributed by atoms with Gasteiger partial charge in [0.1, 0.15) is 12.4 Å². The number of aromatic amines is 1. The molecule has 0 atom stereocenters. The van der Waals surface area contributed by atoms with E-state index in [-0.39, 0.29) is 12.5 Å². The van der Waals surface area contributed by atoms with Crippen molar-refractivity contribution in [2.75, 3.05) is 0 Å². The SMILES string of the molecule is CCC(=O)NCc1cc2cc(Cl)c(OCc3cccc(F)n3)cc2[nH]1. The van der Waals surface area contributed by atoms with Crippen LogP contribution in [0.15, 0.2) is 36.4 Å². The van der Waals surface area contributed by atoms with Crippen LogP contribution >= 0.6 is 11.6 Å². The summed E-state index contributed by atoms with van der Waals surface area (Å²) in [6, 6.07) is 10.0. The van der Waals surface area contributed by atoms with E-state index in [0.29, 0.717) is 29.4 Å². The molecule has 2 heterocycles. The van der Waals surface area contributed by atoms with Crippen molar-refractivity contribution >= 4 is 28.4 Å². The van der Waals surface area contributed by atoms with E-state index in [9.17, 15) is 9.18 Å². The number of aromatic nitrogens is 2. The summed E-state index contributed by atoms with van der Waals surface area (Å²) in [6.07, 6.45) is 0.443. The topological polar surface area (TPSA) is 67.0 Å². The van der Waals surface area contributed by atoms with E-state index in [1.54, 1.807) is 31.2 Å². The third-order valence-corrected chi connectivity index (χ3v) is 3.97. The van der Waals surface area contributed by atoms with Crippen molar-refractivity contribution in [1.29, 1.82) is 0 Å². The molecule has 3 rings (SSSR count). The summed E-state index contributed by atoms with van der Waals surface area (Å²) < 4.78 is 18.8. The van der Waals surface area contributed by atoms with Crippen LogP contribution in [0, 0.1) is 5.95 Å². The van der Waals surface area contributed by atoms with Gasteiger partial charge in [-0.15, -0.1) is 0 Å². The van der Waals surface area contributed by atoms with E-state index < -0.39 is 5.95 Å². The van der Waals surface area contributed by atoms with Crippen LogP contribution in [0.5, 0.6) is 5.75 Å². The molecule has 0 saturated carbocycles. The maximum absolute atomic E-state index is 13.1. The molecule has 3 aromatic rings. The van der Waals surface area contributed by atoms with E-state index in [1.165, 1.54) is 6.07 Å². The molecule has 0 unspecified atom stereocenters. The smallest absolute Gasteiger partial charge is 0.220 e. The fourth-order valence-corrected chi connectivity index (χ4v) is 2.63. The number of carbonyl (C=O) groups is 1. The number of halogens is 2. The van der Waals surface area contributed by atoms with Crippen LogP contribution in [0.1, 0.15) is 24.7 Å². The number of fused-ring (bicyclic) bond motifs is 1. The monoisotopic (exact) mass is 361 g/mol. The molecule has 0 saturated heterocycles. The Morgan fingerprint density at radius 2 is 2.20 bits per heavy atom. The summed E-state index contributed by atoms with van der Waals surface area (Å²) in [7, 11) is 0. The van der Waals surface area contributed by atoms with Crippen molar-refractivity contribution in [3.63, 3.8) is 0 Å². The third-order valence-electron chi connectivity index (χ3n) is 3.67. The van der Waals surface area contributed by atoms with Gasteiger partial charge in [0, 0.05) is 29.1 Å². The Labute approximate surface area is 149 Å². The number of pyridine rings is 1. The highest BCUT2D eigenvalue weighted by atomic mass is 35.5. The van der Waals surface area contributed by atoms with Crippen LogP contribution in [0.25, 0.3) is 10.9 Å². The summed E-state index contributed by atoms with van der Waals surface area (Å²) in [5, 5.41) is 4.18. The molecule has 0 aliphatic carbocycles. The van der Waals surface area contributed by atoms with Gasteiger partial charge in [-0.05, 0) is 24.3 Å². The molecule has 1 aromatic carbocycles. The minimum Gasteiger partial charge on any atom is -0.486 e. The van der Waals surface area contributed by atoms with Crippen LogP contribution in [0.3, 0.4) is 0 Å². The fraction of sp³-hybridized carbons (Fsp3) is 0.222. The minimum absolute atomic E-state index is 0.0108. The Hall–Kier alpha value is -2.60. The number of carbonyl (C=O) groups excluding carboxylic acids is 1. The molecular formula is C18H17ClFN3O2. The summed E-state index contributed by atoms with van der Waals surface area (Å²) in [6.45, 7) is 2.34. The molecule has 25 heavy (non-hydrogen) atoms. The Bertz CT molecular complexity index is 910. The molecule has 5 nitrogen and oxygen atoms in total. The second-order valence-electron chi connectivity index (χ2n) is 5.54. The number of hydrogen-bond acceptors (Lipinski definition) is 3. The summed E-state index contributed by atoms with van der Waals surface area (Å²) in [4.78, 5) is 18.3. The Balaban J connectivity index is 1.75. The number of benzene rings is 1. The molecule has 0 aliphatic rings. The molecule has 7 heteroatoms. The summed E-state index contributed by atoms with van der Waals surface area (Å²) >= 11 is 6.26. The van der Waals surface area contributed by atoms with Crippen LogP contribution in [0.4, 0.5) is 4.39 Å².